The van der Waals surface area contributed by atoms with E-state index in [2.05, 4.69) is 17.2 Å². The molecule has 1 atom stereocenters. The standard InChI is InChI=1S/C18H18N2O4S/c1-3-9-19-16(21)12(2)24-18(23)13-6-4-7-14(11-13)20-17(22)15-8-5-10-25-15/h3-8,10-12H,1,9H2,2H3,(H,19,21)(H,20,22)/t12-/m0/s1. The fourth-order valence-electron chi connectivity index (χ4n) is 1.92. The predicted octanol–water partition coefficient (Wildman–Crippen LogP) is 2.85. The summed E-state index contributed by atoms with van der Waals surface area (Å²) in [5, 5.41) is 7.08. The number of ether oxygens (including phenoxy) is 1. The lowest BCUT2D eigenvalue weighted by Crippen LogP contribution is -2.35. The lowest BCUT2D eigenvalue weighted by atomic mass is 10.2. The van der Waals surface area contributed by atoms with E-state index in [1.807, 2.05) is 5.38 Å². The fourth-order valence-corrected chi connectivity index (χ4v) is 2.54. The molecule has 0 aliphatic carbocycles. The van der Waals surface area contributed by atoms with Gasteiger partial charge in [0.2, 0.25) is 0 Å². The zero-order chi connectivity index (χ0) is 18.2. The van der Waals surface area contributed by atoms with Crippen molar-refractivity contribution >= 4 is 34.8 Å². The Morgan fingerprint density at radius 2 is 2.08 bits per heavy atom. The molecule has 0 aliphatic rings. The second-order valence-electron chi connectivity index (χ2n) is 5.09. The van der Waals surface area contributed by atoms with Crippen LogP contribution in [0.15, 0.2) is 54.4 Å². The molecule has 1 heterocycles. The number of rotatable bonds is 7. The summed E-state index contributed by atoms with van der Waals surface area (Å²) in [5.74, 6) is -1.30. The number of esters is 1. The van der Waals surface area contributed by atoms with Crippen LogP contribution in [-0.2, 0) is 9.53 Å². The van der Waals surface area contributed by atoms with E-state index in [-0.39, 0.29) is 11.5 Å². The Morgan fingerprint density at radius 3 is 2.76 bits per heavy atom. The highest BCUT2D eigenvalue weighted by molar-refractivity contribution is 7.12. The Morgan fingerprint density at radius 1 is 1.28 bits per heavy atom. The van der Waals surface area contributed by atoms with Crippen molar-refractivity contribution in [3.63, 3.8) is 0 Å². The summed E-state index contributed by atoms with van der Waals surface area (Å²) >= 11 is 1.32. The fraction of sp³-hybridized carbons (Fsp3) is 0.167. The van der Waals surface area contributed by atoms with Crippen LogP contribution < -0.4 is 10.6 Å². The summed E-state index contributed by atoms with van der Waals surface area (Å²) in [6.07, 6.45) is 0.600. The first-order valence-corrected chi connectivity index (χ1v) is 8.43. The maximum absolute atomic E-state index is 12.2. The molecule has 25 heavy (non-hydrogen) atoms. The number of hydrogen-bond acceptors (Lipinski definition) is 5. The minimum Gasteiger partial charge on any atom is -0.449 e. The Kier molecular flexibility index (Phi) is 6.47. The molecule has 1 aromatic heterocycles. The highest BCUT2D eigenvalue weighted by Crippen LogP contribution is 2.16. The average molecular weight is 358 g/mol. The van der Waals surface area contributed by atoms with Gasteiger partial charge >= 0.3 is 5.97 Å². The van der Waals surface area contributed by atoms with Crippen LogP contribution in [-0.4, -0.2) is 30.4 Å². The van der Waals surface area contributed by atoms with Gasteiger partial charge in [-0.3, -0.25) is 9.59 Å². The monoisotopic (exact) mass is 358 g/mol. The van der Waals surface area contributed by atoms with E-state index >= 15 is 0 Å². The molecule has 0 saturated heterocycles. The van der Waals surface area contributed by atoms with Crippen molar-refractivity contribution in [3.05, 3.63) is 64.9 Å². The molecule has 2 rings (SSSR count). The van der Waals surface area contributed by atoms with Crippen molar-refractivity contribution in [2.45, 2.75) is 13.0 Å². The maximum atomic E-state index is 12.2. The molecule has 0 bridgehead atoms. The van der Waals surface area contributed by atoms with E-state index < -0.39 is 18.0 Å². The molecular formula is C18H18N2O4S. The smallest absolute Gasteiger partial charge is 0.338 e. The van der Waals surface area contributed by atoms with Gasteiger partial charge in [-0.25, -0.2) is 4.79 Å². The molecular weight excluding hydrogens is 340 g/mol. The Bertz CT molecular complexity index is 771. The summed E-state index contributed by atoms with van der Waals surface area (Å²) in [7, 11) is 0. The molecule has 2 amide bonds. The summed E-state index contributed by atoms with van der Waals surface area (Å²) < 4.78 is 5.13. The number of hydrogen-bond donors (Lipinski definition) is 2. The largest absolute Gasteiger partial charge is 0.449 e. The number of nitrogens with one attached hydrogen (secondary N) is 2. The van der Waals surface area contributed by atoms with Gasteiger partial charge in [-0.2, -0.15) is 0 Å². The third-order valence-electron chi connectivity index (χ3n) is 3.17. The number of benzene rings is 1. The third-order valence-corrected chi connectivity index (χ3v) is 4.04. The Balaban J connectivity index is 2.00. The molecule has 2 aromatic rings. The molecule has 1 aromatic carbocycles. The highest BCUT2D eigenvalue weighted by atomic mass is 32.1. The van der Waals surface area contributed by atoms with Gasteiger partial charge in [-0.1, -0.05) is 18.2 Å². The van der Waals surface area contributed by atoms with Crippen LogP contribution in [0.2, 0.25) is 0 Å². The molecule has 2 N–H and O–H groups in total. The van der Waals surface area contributed by atoms with Crippen molar-refractivity contribution < 1.29 is 19.1 Å². The molecule has 0 aliphatic heterocycles. The van der Waals surface area contributed by atoms with Crippen LogP contribution in [0.3, 0.4) is 0 Å². The first-order valence-electron chi connectivity index (χ1n) is 7.55. The van der Waals surface area contributed by atoms with Crippen molar-refractivity contribution in [2.75, 3.05) is 11.9 Å². The molecule has 7 heteroatoms. The normalized spacial score (nSPS) is 11.2. The summed E-state index contributed by atoms with van der Waals surface area (Å²) in [6.45, 7) is 5.28. The van der Waals surface area contributed by atoms with Gasteiger partial charge in [0.25, 0.3) is 11.8 Å². The van der Waals surface area contributed by atoms with Crippen LogP contribution in [0.4, 0.5) is 5.69 Å². The second kappa shape index (κ2) is 8.79. The topological polar surface area (TPSA) is 84.5 Å². The van der Waals surface area contributed by atoms with E-state index in [0.717, 1.165) is 0 Å². The highest BCUT2D eigenvalue weighted by Gasteiger charge is 2.18. The lowest BCUT2D eigenvalue weighted by molar-refractivity contribution is -0.128. The van der Waals surface area contributed by atoms with Crippen LogP contribution in [0, 0.1) is 0 Å². The predicted molar refractivity (Wildman–Crippen MR) is 96.8 cm³/mol. The number of anilines is 1. The number of carbonyl (C=O) groups is 3. The van der Waals surface area contributed by atoms with Gasteiger partial charge < -0.3 is 15.4 Å². The Labute approximate surface area is 149 Å². The number of thiophene rings is 1. The van der Waals surface area contributed by atoms with Gasteiger partial charge in [0.1, 0.15) is 0 Å². The van der Waals surface area contributed by atoms with Gasteiger partial charge in [-0.05, 0) is 36.6 Å². The summed E-state index contributed by atoms with van der Waals surface area (Å²) in [4.78, 5) is 36.5. The van der Waals surface area contributed by atoms with Crippen LogP contribution in [0.1, 0.15) is 27.0 Å². The zero-order valence-electron chi connectivity index (χ0n) is 13.7. The zero-order valence-corrected chi connectivity index (χ0v) is 14.5. The van der Waals surface area contributed by atoms with E-state index in [1.165, 1.54) is 30.4 Å². The molecule has 0 saturated carbocycles. The van der Waals surface area contributed by atoms with E-state index in [4.69, 9.17) is 4.74 Å². The van der Waals surface area contributed by atoms with Crippen molar-refractivity contribution in [2.24, 2.45) is 0 Å². The maximum Gasteiger partial charge on any atom is 0.338 e. The van der Waals surface area contributed by atoms with Gasteiger partial charge in [-0.15, -0.1) is 17.9 Å². The number of carbonyl (C=O) groups excluding carboxylic acids is 3. The summed E-state index contributed by atoms with van der Waals surface area (Å²) in [6, 6.07) is 9.85. The van der Waals surface area contributed by atoms with Gasteiger partial charge in [0.15, 0.2) is 6.10 Å². The lowest BCUT2D eigenvalue weighted by Gasteiger charge is -2.13. The van der Waals surface area contributed by atoms with Gasteiger partial charge in [0.05, 0.1) is 10.4 Å². The minimum atomic E-state index is -0.934. The Hall–Kier alpha value is -2.93. The van der Waals surface area contributed by atoms with Crippen LogP contribution in [0.25, 0.3) is 0 Å². The molecule has 0 fully saturated rings. The van der Waals surface area contributed by atoms with Crippen LogP contribution >= 0.6 is 11.3 Å². The number of amides is 2. The molecule has 0 radical (unpaired) electrons. The van der Waals surface area contributed by atoms with E-state index in [1.54, 1.807) is 30.3 Å². The van der Waals surface area contributed by atoms with Crippen molar-refractivity contribution in [1.29, 1.82) is 0 Å². The first-order chi connectivity index (χ1) is 12.0. The van der Waals surface area contributed by atoms with Gasteiger partial charge in [0, 0.05) is 12.2 Å². The second-order valence-corrected chi connectivity index (χ2v) is 6.04. The molecule has 6 nitrogen and oxygen atoms in total. The first kappa shape index (κ1) is 18.4. The van der Waals surface area contributed by atoms with E-state index in [0.29, 0.717) is 17.1 Å². The third kappa shape index (κ3) is 5.29. The minimum absolute atomic E-state index is 0.243. The van der Waals surface area contributed by atoms with Crippen LogP contribution in [0.5, 0.6) is 0 Å². The quantitative estimate of drug-likeness (QED) is 0.589. The SMILES string of the molecule is C=CCNC(=O)[C@H](C)OC(=O)c1cccc(NC(=O)c2cccs2)c1. The van der Waals surface area contributed by atoms with Crippen molar-refractivity contribution in [3.8, 4) is 0 Å². The molecule has 0 spiro atoms. The van der Waals surface area contributed by atoms with E-state index in [9.17, 15) is 14.4 Å². The average Bonchev–Trinajstić information content (AvgIpc) is 3.14. The van der Waals surface area contributed by atoms with Crippen molar-refractivity contribution in [1.82, 2.24) is 5.32 Å². The molecule has 130 valence electrons. The molecule has 0 unspecified atom stereocenters. The summed E-state index contributed by atoms with van der Waals surface area (Å²) in [5.41, 5.74) is 0.712.